The minimum absolute atomic E-state index is 0.426. The van der Waals surface area contributed by atoms with Crippen molar-refractivity contribution in [2.24, 2.45) is 10.7 Å². The number of aliphatic imine (C=N–C) groups is 1. The maximum absolute atomic E-state index is 5.53. The predicted octanol–water partition coefficient (Wildman–Crippen LogP) is 0.906. The van der Waals surface area contributed by atoms with Crippen molar-refractivity contribution in [2.45, 2.75) is 18.9 Å². The summed E-state index contributed by atoms with van der Waals surface area (Å²) in [6.07, 6.45) is 2.18. The first-order chi connectivity index (χ1) is 6.84. The number of hydrogen-bond donors (Lipinski definition) is 2. The molecule has 74 valence electrons. The smallest absolute Gasteiger partial charge is 0.188 e. The van der Waals surface area contributed by atoms with Crippen molar-refractivity contribution >= 4 is 5.96 Å². The summed E-state index contributed by atoms with van der Waals surface area (Å²) in [5.41, 5.74) is 6.91. The lowest BCUT2D eigenvalue weighted by Gasteiger charge is -2.09. The third-order valence-corrected chi connectivity index (χ3v) is 2.46. The van der Waals surface area contributed by atoms with Crippen LogP contribution in [-0.4, -0.2) is 18.5 Å². The van der Waals surface area contributed by atoms with E-state index in [4.69, 9.17) is 5.73 Å². The van der Waals surface area contributed by atoms with Gasteiger partial charge in [-0.2, -0.15) is 0 Å². The largest absolute Gasteiger partial charge is 0.370 e. The van der Waals surface area contributed by atoms with E-state index in [2.05, 4.69) is 34.6 Å². The van der Waals surface area contributed by atoms with Crippen LogP contribution in [0.2, 0.25) is 0 Å². The molecule has 0 aromatic heterocycles. The molecule has 14 heavy (non-hydrogen) atoms. The highest BCUT2D eigenvalue weighted by Gasteiger charge is 2.14. The minimum atomic E-state index is 0.426. The molecule has 1 unspecified atom stereocenters. The zero-order valence-electron chi connectivity index (χ0n) is 8.11. The van der Waals surface area contributed by atoms with E-state index in [9.17, 15) is 0 Å². The molecule has 0 saturated heterocycles. The molecule has 1 atom stereocenters. The lowest BCUT2D eigenvalue weighted by atomic mass is 10.1. The van der Waals surface area contributed by atoms with Crippen LogP contribution in [0, 0.1) is 0 Å². The van der Waals surface area contributed by atoms with Gasteiger partial charge in [0.2, 0.25) is 0 Å². The summed E-state index contributed by atoms with van der Waals surface area (Å²) in [6, 6.07) is 10.9. The molecule has 0 radical (unpaired) electrons. The Hall–Kier alpha value is -1.51. The second kappa shape index (κ2) is 4.13. The van der Waals surface area contributed by atoms with Gasteiger partial charge in [0.15, 0.2) is 5.96 Å². The number of nitrogens with one attached hydrogen (secondary N) is 1. The molecule has 2 rings (SSSR count). The Balaban J connectivity index is 1.79. The lowest BCUT2D eigenvalue weighted by molar-refractivity contribution is 0.600. The first-order valence-electron chi connectivity index (χ1n) is 4.95. The van der Waals surface area contributed by atoms with Gasteiger partial charge in [-0.3, -0.25) is 4.99 Å². The monoisotopic (exact) mass is 189 g/mol. The Morgan fingerprint density at radius 1 is 1.36 bits per heavy atom. The van der Waals surface area contributed by atoms with Crippen molar-refractivity contribution in [3.8, 4) is 0 Å². The Bertz CT molecular complexity index is 319. The molecule has 1 aromatic carbocycles. The summed E-state index contributed by atoms with van der Waals surface area (Å²) in [4.78, 5) is 4.11. The van der Waals surface area contributed by atoms with Crippen LogP contribution >= 0.6 is 0 Å². The molecule has 0 bridgehead atoms. The highest BCUT2D eigenvalue weighted by atomic mass is 15.2. The quantitative estimate of drug-likeness (QED) is 0.742. The molecule has 0 spiro atoms. The normalized spacial score (nSPS) is 20.3. The van der Waals surface area contributed by atoms with E-state index in [1.54, 1.807) is 0 Å². The third-order valence-electron chi connectivity index (χ3n) is 2.46. The Kier molecular flexibility index (Phi) is 2.68. The first kappa shape index (κ1) is 9.06. The number of guanidine groups is 1. The SMILES string of the molecule is NC1=NCC(CCc2ccccc2)N1. The Morgan fingerprint density at radius 2 is 2.14 bits per heavy atom. The van der Waals surface area contributed by atoms with E-state index in [1.807, 2.05) is 6.07 Å². The summed E-state index contributed by atoms with van der Waals surface area (Å²) >= 11 is 0. The van der Waals surface area contributed by atoms with Gasteiger partial charge in [0.25, 0.3) is 0 Å². The van der Waals surface area contributed by atoms with Gasteiger partial charge in [-0.05, 0) is 18.4 Å². The van der Waals surface area contributed by atoms with Crippen LogP contribution < -0.4 is 11.1 Å². The van der Waals surface area contributed by atoms with Crippen molar-refractivity contribution in [1.29, 1.82) is 0 Å². The number of hydrogen-bond acceptors (Lipinski definition) is 3. The molecular formula is C11H15N3. The molecule has 3 N–H and O–H groups in total. The molecule has 0 aliphatic carbocycles. The third kappa shape index (κ3) is 2.25. The van der Waals surface area contributed by atoms with Crippen molar-refractivity contribution in [1.82, 2.24) is 5.32 Å². The van der Waals surface area contributed by atoms with E-state index in [0.29, 0.717) is 12.0 Å². The number of nitrogens with two attached hydrogens (primary N) is 1. The molecule has 0 amide bonds. The van der Waals surface area contributed by atoms with E-state index in [1.165, 1.54) is 5.56 Å². The van der Waals surface area contributed by atoms with Crippen LogP contribution in [0.25, 0.3) is 0 Å². The first-order valence-corrected chi connectivity index (χ1v) is 4.95. The van der Waals surface area contributed by atoms with Crippen molar-refractivity contribution in [3.63, 3.8) is 0 Å². The van der Waals surface area contributed by atoms with Crippen LogP contribution in [0.1, 0.15) is 12.0 Å². The molecular weight excluding hydrogens is 174 g/mol. The van der Waals surface area contributed by atoms with Crippen LogP contribution in [0.5, 0.6) is 0 Å². The Labute approximate surface area is 84.0 Å². The molecule has 1 aromatic rings. The summed E-state index contributed by atoms with van der Waals surface area (Å²) in [7, 11) is 0. The fraction of sp³-hybridized carbons (Fsp3) is 0.364. The van der Waals surface area contributed by atoms with E-state index >= 15 is 0 Å². The lowest BCUT2D eigenvalue weighted by Crippen LogP contribution is -2.35. The van der Waals surface area contributed by atoms with Crippen LogP contribution in [0.4, 0.5) is 0 Å². The number of rotatable bonds is 3. The molecule has 1 aliphatic heterocycles. The molecule has 1 heterocycles. The van der Waals surface area contributed by atoms with Crippen molar-refractivity contribution in [2.75, 3.05) is 6.54 Å². The predicted molar refractivity (Wildman–Crippen MR) is 58.2 cm³/mol. The maximum atomic E-state index is 5.53. The van der Waals surface area contributed by atoms with E-state index in [0.717, 1.165) is 19.4 Å². The average Bonchev–Trinajstić information content (AvgIpc) is 2.63. The molecule has 3 heteroatoms. The van der Waals surface area contributed by atoms with Gasteiger partial charge in [-0.1, -0.05) is 30.3 Å². The fourth-order valence-electron chi connectivity index (χ4n) is 1.66. The van der Waals surface area contributed by atoms with Crippen molar-refractivity contribution in [3.05, 3.63) is 35.9 Å². The zero-order valence-corrected chi connectivity index (χ0v) is 8.11. The fourth-order valence-corrected chi connectivity index (χ4v) is 1.66. The van der Waals surface area contributed by atoms with Crippen LogP contribution in [-0.2, 0) is 6.42 Å². The molecule has 0 saturated carbocycles. The topological polar surface area (TPSA) is 50.4 Å². The highest BCUT2D eigenvalue weighted by molar-refractivity contribution is 5.79. The second-order valence-corrected chi connectivity index (χ2v) is 3.59. The van der Waals surface area contributed by atoms with E-state index < -0.39 is 0 Å². The van der Waals surface area contributed by atoms with Gasteiger partial charge in [-0.25, -0.2) is 0 Å². The minimum Gasteiger partial charge on any atom is -0.370 e. The highest BCUT2D eigenvalue weighted by Crippen LogP contribution is 2.07. The van der Waals surface area contributed by atoms with E-state index in [-0.39, 0.29) is 0 Å². The van der Waals surface area contributed by atoms with Gasteiger partial charge in [0.05, 0.1) is 6.54 Å². The molecule has 0 fully saturated rings. The number of aryl methyl sites for hydroxylation is 1. The summed E-state index contributed by atoms with van der Waals surface area (Å²) in [5, 5.41) is 3.15. The number of nitrogens with zero attached hydrogens (tertiary/aromatic N) is 1. The van der Waals surface area contributed by atoms with Gasteiger partial charge < -0.3 is 11.1 Å². The van der Waals surface area contributed by atoms with Gasteiger partial charge in [0.1, 0.15) is 0 Å². The summed E-state index contributed by atoms with van der Waals surface area (Å²) in [6.45, 7) is 0.818. The Morgan fingerprint density at radius 3 is 2.79 bits per heavy atom. The van der Waals surface area contributed by atoms with Gasteiger partial charge in [0, 0.05) is 6.04 Å². The van der Waals surface area contributed by atoms with Crippen molar-refractivity contribution < 1.29 is 0 Å². The average molecular weight is 189 g/mol. The van der Waals surface area contributed by atoms with Crippen LogP contribution in [0.15, 0.2) is 35.3 Å². The second-order valence-electron chi connectivity index (χ2n) is 3.59. The van der Waals surface area contributed by atoms with Crippen LogP contribution in [0.3, 0.4) is 0 Å². The summed E-state index contributed by atoms with van der Waals surface area (Å²) in [5.74, 6) is 0.586. The van der Waals surface area contributed by atoms with Gasteiger partial charge >= 0.3 is 0 Å². The summed E-state index contributed by atoms with van der Waals surface area (Å²) < 4.78 is 0. The number of benzene rings is 1. The molecule has 1 aliphatic rings. The standard InChI is InChI=1S/C11H15N3/c12-11-13-8-10(14-11)7-6-9-4-2-1-3-5-9/h1-5,10H,6-8H2,(H3,12,13,14). The zero-order chi connectivity index (χ0) is 9.80. The maximum Gasteiger partial charge on any atom is 0.188 e. The molecule has 3 nitrogen and oxygen atoms in total. The van der Waals surface area contributed by atoms with Gasteiger partial charge in [-0.15, -0.1) is 0 Å².